The molecule has 5 atom stereocenters. The number of carbonyl (C=O) groups is 1. The lowest BCUT2D eigenvalue weighted by atomic mass is 9.93. The average Bonchev–Trinajstić information content (AvgIpc) is 2.93. The van der Waals surface area contributed by atoms with Crippen molar-refractivity contribution in [1.29, 1.82) is 0 Å². The number of rotatable bonds is 12. The van der Waals surface area contributed by atoms with Crippen LogP contribution in [0.1, 0.15) is 16.7 Å². The van der Waals surface area contributed by atoms with Gasteiger partial charge in [0.15, 0.2) is 0 Å². The molecule has 0 aliphatic carbocycles. The molecule has 1 fully saturated rings. The summed E-state index contributed by atoms with van der Waals surface area (Å²) in [5.74, 6) is 0. The molecule has 1 heterocycles. The molecule has 4 rings (SSSR count). The molecule has 3 aromatic rings. The van der Waals surface area contributed by atoms with E-state index >= 15 is 0 Å². The summed E-state index contributed by atoms with van der Waals surface area (Å²) < 4.78 is 24.6. The van der Waals surface area contributed by atoms with E-state index in [0.717, 1.165) is 16.7 Å². The highest BCUT2D eigenvalue weighted by atomic mass is 16.6. The van der Waals surface area contributed by atoms with Crippen LogP contribution in [0.25, 0.3) is 10.4 Å². The zero-order chi connectivity index (χ0) is 25.0. The summed E-state index contributed by atoms with van der Waals surface area (Å²) in [5, 5.41) is 3.88. The summed E-state index contributed by atoms with van der Waals surface area (Å²) in [6.45, 7) is 1.11. The van der Waals surface area contributed by atoms with E-state index in [1.807, 2.05) is 91.0 Å². The van der Waals surface area contributed by atoms with Crippen molar-refractivity contribution in [2.24, 2.45) is 5.11 Å². The van der Waals surface area contributed by atoms with Crippen LogP contribution >= 0.6 is 0 Å². The van der Waals surface area contributed by atoms with E-state index in [1.165, 1.54) is 0 Å². The van der Waals surface area contributed by atoms with Crippen LogP contribution < -0.4 is 0 Å². The van der Waals surface area contributed by atoms with Crippen molar-refractivity contribution in [2.45, 2.75) is 50.3 Å². The first-order chi connectivity index (χ1) is 17.8. The standard InChI is InChI=1S/C28H29N3O5/c29-31-30-26-24(16-32)36-25(20-33-17-21-10-4-1-5-11-21)27(34-18-22-12-6-2-7-13-22)28(26)35-19-23-14-8-3-9-15-23/h1-16,24-28H,17-20H2/t24-,25+,26-,27-,28+/m0/s1. The minimum atomic E-state index is -0.983. The van der Waals surface area contributed by atoms with Crippen LogP contribution in [-0.2, 0) is 43.6 Å². The third-order valence-corrected chi connectivity index (χ3v) is 5.98. The van der Waals surface area contributed by atoms with Gasteiger partial charge in [0.25, 0.3) is 0 Å². The van der Waals surface area contributed by atoms with Gasteiger partial charge in [-0.15, -0.1) is 0 Å². The van der Waals surface area contributed by atoms with Crippen LogP contribution in [0.3, 0.4) is 0 Å². The number of aldehydes is 1. The number of azide groups is 1. The summed E-state index contributed by atoms with van der Waals surface area (Å²) >= 11 is 0. The van der Waals surface area contributed by atoms with E-state index in [-0.39, 0.29) is 13.2 Å². The number of hydrogen-bond donors (Lipinski definition) is 0. The van der Waals surface area contributed by atoms with Crippen LogP contribution in [0.15, 0.2) is 96.1 Å². The molecule has 186 valence electrons. The first-order valence-electron chi connectivity index (χ1n) is 11.9. The van der Waals surface area contributed by atoms with Crippen molar-refractivity contribution in [3.63, 3.8) is 0 Å². The van der Waals surface area contributed by atoms with Crippen LogP contribution in [0, 0.1) is 0 Å². The van der Waals surface area contributed by atoms with E-state index in [0.29, 0.717) is 19.5 Å². The van der Waals surface area contributed by atoms with Gasteiger partial charge in [0, 0.05) is 4.91 Å². The second kappa shape index (κ2) is 13.5. The maximum atomic E-state index is 11.9. The molecule has 0 radical (unpaired) electrons. The molecule has 8 heteroatoms. The molecular formula is C28H29N3O5. The Labute approximate surface area is 210 Å². The van der Waals surface area contributed by atoms with E-state index in [1.54, 1.807) is 0 Å². The summed E-state index contributed by atoms with van der Waals surface area (Å²) in [6.07, 6.45) is -2.31. The number of benzene rings is 3. The molecule has 0 N–H and O–H groups in total. The minimum Gasteiger partial charge on any atom is -0.374 e. The highest BCUT2D eigenvalue weighted by Crippen LogP contribution is 2.30. The van der Waals surface area contributed by atoms with Gasteiger partial charge in [0.2, 0.25) is 0 Å². The molecule has 1 saturated heterocycles. The van der Waals surface area contributed by atoms with Gasteiger partial charge in [-0.3, -0.25) is 0 Å². The monoisotopic (exact) mass is 487 g/mol. The van der Waals surface area contributed by atoms with Crippen molar-refractivity contribution in [3.05, 3.63) is 118 Å². The summed E-state index contributed by atoms with van der Waals surface area (Å²) in [6, 6.07) is 28.3. The third-order valence-electron chi connectivity index (χ3n) is 5.98. The van der Waals surface area contributed by atoms with Gasteiger partial charge in [-0.2, -0.15) is 0 Å². The molecule has 0 aromatic heterocycles. The highest BCUT2D eigenvalue weighted by Gasteiger charge is 2.47. The van der Waals surface area contributed by atoms with Crippen molar-refractivity contribution in [1.82, 2.24) is 0 Å². The lowest BCUT2D eigenvalue weighted by Gasteiger charge is -2.43. The van der Waals surface area contributed by atoms with E-state index < -0.39 is 30.5 Å². The Balaban J connectivity index is 1.56. The fourth-order valence-corrected chi connectivity index (χ4v) is 4.19. The van der Waals surface area contributed by atoms with Gasteiger partial charge in [-0.1, -0.05) is 96.1 Å². The molecule has 36 heavy (non-hydrogen) atoms. The Morgan fingerprint density at radius 2 is 1.28 bits per heavy atom. The van der Waals surface area contributed by atoms with Crippen LogP contribution in [-0.4, -0.2) is 43.4 Å². The fraction of sp³-hybridized carbons (Fsp3) is 0.321. The zero-order valence-corrected chi connectivity index (χ0v) is 19.8. The SMILES string of the molecule is [N-]=[N+]=N[C@@H]1[C@@H](OCc2ccccc2)[C@@H](OCc2ccccc2)[C@@H](COCc2ccccc2)O[C@H]1C=O. The Morgan fingerprint density at radius 1 is 0.778 bits per heavy atom. The largest absolute Gasteiger partial charge is 0.374 e. The van der Waals surface area contributed by atoms with Crippen LogP contribution in [0.5, 0.6) is 0 Å². The maximum Gasteiger partial charge on any atom is 0.149 e. The lowest BCUT2D eigenvalue weighted by molar-refractivity contribution is -0.222. The summed E-state index contributed by atoms with van der Waals surface area (Å²) in [5.41, 5.74) is 12.2. The topological polar surface area (TPSA) is 103 Å². The second-order valence-corrected chi connectivity index (χ2v) is 8.49. The first kappa shape index (κ1) is 25.6. The van der Waals surface area contributed by atoms with Crippen molar-refractivity contribution >= 4 is 6.29 Å². The van der Waals surface area contributed by atoms with E-state index in [2.05, 4.69) is 10.0 Å². The number of ether oxygens (including phenoxy) is 4. The quantitative estimate of drug-likeness (QED) is 0.154. The Morgan fingerprint density at radius 3 is 1.78 bits per heavy atom. The minimum absolute atomic E-state index is 0.173. The number of carbonyl (C=O) groups excluding carboxylic acids is 1. The van der Waals surface area contributed by atoms with Crippen molar-refractivity contribution in [2.75, 3.05) is 6.61 Å². The van der Waals surface area contributed by atoms with Gasteiger partial charge >= 0.3 is 0 Å². The molecule has 8 nitrogen and oxygen atoms in total. The van der Waals surface area contributed by atoms with E-state index in [4.69, 9.17) is 18.9 Å². The normalized spacial score (nSPS) is 23.5. The molecule has 0 amide bonds. The number of nitrogens with zero attached hydrogens (tertiary/aromatic N) is 3. The molecule has 3 aromatic carbocycles. The third kappa shape index (κ3) is 7.01. The lowest BCUT2D eigenvalue weighted by Crippen LogP contribution is -2.60. The Hall–Kier alpha value is -3.52. The van der Waals surface area contributed by atoms with Crippen LogP contribution in [0.2, 0.25) is 0 Å². The summed E-state index contributed by atoms with van der Waals surface area (Å²) in [7, 11) is 0. The average molecular weight is 488 g/mol. The Kier molecular flexibility index (Phi) is 9.61. The fourth-order valence-electron chi connectivity index (χ4n) is 4.19. The predicted octanol–water partition coefficient (Wildman–Crippen LogP) is 5.02. The molecule has 0 spiro atoms. The smallest absolute Gasteiger partial charge is 0.149 e. The zero-order valence-electron chi connectivity index (χ0n) is 19.8. The maximum absolute atomic E-state index is 11.9. The Bertz CT molecular complexity index is 1110. The van der Waals surface area contributed by atoms with Gasteiger partial charge in [-0.05, 0) is 22.2 Å². The molecule has 0 unspecified atom stereocenters. The van der Waals surface area contributed by atoms with E-state index in [9.17, 15) is 10.3 Å². The van der Waals surface area contributed by atoms with Crippen molar-refractivity contribution < 1.29 is 23.7 Å². The molecule has 1 aliphatic rings. The van der Waals surface area contributed by atoms with Gasteiger partial charge in [0.05, 0.1) is 38.6 Å². The molecule has 0 bridgehead atoms. The van der Waals surface area contributed by atoms with Crippen molar-refractivity contribution in [3.8, 4) is 0 Å². The number of hydrogen-bond acceptors (Lipinski definition) is 6. The molecular weight excluding hydrogens is 458 g/mol. The van der Waals surface area contributed by atoms with Crippen LogP contribution in [0.4, 0.5) is 0 Å². The highest BCUT2D eigenvalue weighted by molar-refractivity contribution is 5.58. The predicted molar refractivity (Wildman–Crippen MR) is 134 cm³/mol. The molecule has 1 aliphatic heterocycles. The first-order valence-corrected chi connectivity index (χ1v) is 11.9. The second-order valence-electron chi connectivity index (χ2n) is 8.49. The van der Waals surface area contributed by atoms with Gasteiger partial charge < -0.3 is 23.7 Å². The molecule has 0 saturated carbocycles. The van der Waals surface area contributed by atoms with Gasteiger partial charge in [0.1, 0.15) is 24.6 Å². The summed E-state index contributed by atoms with van der Waals surface area (Å²) in [4.78, 5) is 14.9. The van der Waals surface area contributed by atoms with Gasteiger partial charge in [-0.25, -0.2) is 0 Å².